The average Bonchev–Trinajstić information content (AvgIpc) is 1.90. The summed E-state index contributed by atoms with van der Waals surface area (Å²) in [5.41, 5.74) is 1.44. The molecule has 9 heavy (non-hydrogen) atoms. The Morgan fingerprint density at radius 1 is 1.44 bits per heavy atom. The predicted molar refractivity (Wildman–Crippen MR) is 38.3 cm³/mol. The quantitative estimate of drug-likeness (QED) is 0.569. The van der Waals surface area contributed by atoms with Gasteiger partial charge in [0.1, 0.15) is 0 Å². The topological polar surface area (TPSA) is 20.2 Å². The third-order valence-electron chi connectivity index (χ3n) is 1.67. The fourth-order valence-electron chi connectivity index (χ4n) is 0.964. The molecule has 1 rings (SSSR count). The smallest absolute Gasteiger partial charge is 0.0925 e. The third-order valence-corrected chi connectivity index (χ3v) is 1.67. The van der Waals surface area contributed by atoms with Crippen LogP contribution in [-0.2, 0) is 0 Å². The van der Waals surface area contributed by atoms with Crippen molar-refractivity contribution in [1.82, 2.24) is 0 Å². The van der Waals surface area contributed by atoms with Crippen LogP contribution in [0.1, 0.15) is 26.2 Å². The summed E-state index contributed by atoms with van der Waals surface area (Å²) in [5, 5.41) is 8.94. The molecule has 0 amide bonds. The zero-order chi connectivity index (χ0) is 6.69. The molecule has 0 atom stereocenters. The molecule has 1 N–H and O–H groups in total. The van der Waals surface area contributed by atoms with Gasteiger partial charge in [-0.25, -0.2) is 0 Å². The molecule has 0 fully saturated rings. The SMILES string of the molecule is CCC1=CC=C(O)CC1. The summed E-state index contributed by atoms with van der Waals surface area (Å²) in [7, 11) is 0. The minimum absolute atomic E-state index is 0.521. The van der Waals surface area contributed by atoms with Crippen molar-refractivity contribution in [3.05, 3.63) is 23.5 Å². The molecule has 1 nitrogen and oxygen atoms in total. The lowest BCUT2D eigenvalue weighted by Crippen LogP contribution is -1.90. The molecule has 0 bridgehead atoms. The minimum atomic E-state index is 0.521. The molecule has 0 heterocycles. The third kappa shape index (κ3) is 1.60. The highest BCUT2D eigenvalue weighted by molar-refractivity contribution is 5.19. The Morgan fingerprint density at radius 3 is 2.67 bits per heavy atom. The van der Waals surface area contributed by atoms with Gasteiger partial charge < -0.3 is 5.11 Å². The van der Waals surface area contributed by atoms with Gasteiger partial charge in [-0.2, -0.15) is 0 Å². The van der Waals surface area contributed by atoms with E-state index in [9.17, 15) is 0 Å². The second kappa shape index (κ2) is 2.72. The number of rotatable bonds is 1. The van der Waals surface area contributed by atoms with Gasteiger partial charge in [-0.05, 0) is 18.9 Å². The molecule has 0 aliphatic heterocycles. The Kier molecular flexibility index (Phi) is 1.93. The summed E-state index contributed by atoms with van der Waals surface area (Å²) in [5.74, 6) is 0.521. The highest BCUT2D eigenvalue weighted by Crippen LogP contribution is 2.17. The summed E-state index contributed by atoms with van der Waals surface area (Å²) >= 11 is 0. The van der Waals surface area contributed by atoms with Gasteiger partial charge in [0.25, 0.3) is 0 Å². The maximum absolute atomic E-state index is 8.94. The highest BCUT2D eigenvalue weighted by Gasteiger charge is 2.01. The van der Waals surface area contributed by atoms with E-state index >= 15 is 0 Å². The van der Waals surface area contributed by atoms with E-state index in [1.54, 1.807) is 6.08 Å². The molecule has 0 saturated heterocycles. The average molecular weight is 124 g/mol. The fourth-order valence-corrected chi connectivity index (χ4v) is 0.964. The molecule has 0 aromatic heterocycles. The van der Waals surface area contributed by atoms with Crippen molar-refractivity contribution in [3.8, 4) is 0 Å². The van der Waals surface area contributed by atoms with Crippen LogP contribution in [0.4, 0.5) is 0 Å². The van der Waals surface area contributed by atoms with Gasteiger partial charge in [0.15, 0.2) is 0 Å². The first kappa shape index (κ1) is 6.40. The number of hydrogen-bond donors (Lipinski definition) is 1. The van der Waals surface area contributed by atoms with E-state index in [0.29, 0.717) is 5.76 Å². The van der Waals surface area contributed by atoms with Gasteiger partial charge in [0, 0.05) is 6.42 Å². The van der Waals surface area contributed by atoms with Crippen molar-refractivity contribution in [2.45, 2.75) is 26.2 Å². The molecule has 1 aliphatic rings. The number of hydrogen-bond acceptors (Lipinski definition) is 1. The lowest BCUT2D eigenvalue weighted by molar-refractivity contribution is 0.385. The monoisotopic (exact) mass is 124 g/mol. The molecular weight excluding hydrogens is 112 g/mol. The summed E-state index contributed by atoms with van der Waals surface area (Å²) in [6.07, 6.45) is 6.80. The Balaban J connectivity index is 2.59. The number of allylic oxidation sites excluding steroid dienone is 4. The molecular formula is C8H12O. The maximum atomic E-state index is 8.94. The first-order chi connectivity index (χ1) is 4.33. The number of aliphatic hydroxyl groups excluding tert-OH is 1. The van der Waals surface area contributed by atoms with E-state index in [4.69, 9.17) is 5.11 Å². The van der Waals surface area contributed by atoms with Crippen molar-refractivity contribution in [1.29, 1.82) is 0 Å². The van der Waals surface area contributed by atoms with Crippen LogP contribution in [0.25, 0.3) is 0 Å². The first-order valence-electron chi connectivity index (χ1n) is 3.40. The van der Waals surface area contributed by atoms with Crippen LogP contribution in [0.15, 0.2) is 23.5 Å². The van der Waals surface area contributed by atoms with Crippen LogP contribution in [0, 0.1) is 0 Å². The summed E-state index contributed by atoms with van der Waals surface area (Å²) < 4.78 is 0. The molecule has 0 spiro atoms. The Labute approximate surface area is 55.7 Å². The van der Waals surface area contributed by atoms with Crippen molar-refractivity contribution in [2.24, 2.45) is 0 Å². The highest BCUT2D eigenvalue weighted by atomic mass is 16.3. The van der Waals surface area contributed by atoms with E-state index in [2.05, 4.69) is 6.92 Å². The molecule has 50 valence electrons. The molecule has 0 aromatic rings. The van der Waals surface area contributed by atoms with E-state index in [0.717, 1.165) is 19.3 Å². The van der Waals surface area contributed by atoms with Crippen LogP contribution < -0.4 is 0 Å². The summed E-state index contributed by atoms with van der Waals surface area (Å²) in [6.45, 7) is 2.14. The van der Waals surface area contributed by atoms with E-state index < -0.39 is 0 Å². The molecule has 1 aliphatic carbocycles. The zero-order valence-electron chi connectivity index (χ0n) is 5.72. The first-order valence-corrected chi connectivity index (χ1v) is 3.40. The van der Waals surface area contributed by atoms with Gasteiger partial charge in [-0.3, -0.25) is 0 Å². The van der Waals surface area contributed by atoms with Crippen molar-refractivity contribution in [3.63, 3.8) is 0 Å². The van der Waals surface area contributed by atoms with Crippen LogP contribution in [0.5, 0.6) is 0 Å². The second-order valence-corrected chi connectivity index (χ2v) is 2.34. The van der Waals surface area contributed by atoms with Gasteiger partial charge in [-0.1, -0.05) is 18.6 Å². The van der Waals surface area contributed by atoms with Crippen LogP contribution >= 0.6 is 0 Å². The lowest BCUT2D eigenvalue weighted by atomic mass is 10.0. The molecule has 0 radical (unpaired) electrons. The Hall–Kier alpha value is -0.720. The largest absolute Gasteiger partial charge is 0.512 e. The molecule has 1 heteroatoms. The van der Waals surface area contributed by atoms with Crippen LogP contribution in [0.2, 0.25) is 0 Å². The second-order valence-electron chi connectivity index (χ2n) is 2.34. The summed E-state index contributed by atoms with van der Waals surface area (Å²) in [4.78, 5) is 0. The Morgan fingerprint density at radius 2 is 2.22 bits per heavy atom. The molecule has 0 saturated carbocycles. The van der Waals surface area contributed by atoms with E-state index in [1.165, 1.54) is 5.57 Å². The zero-order valence-corrected chi connectivity index (χ0v) is 5.72. The fraction of sp³-hybridized carbons (Fsp3) is 0.500. The summed E-state index contributed by atoms with van der Waals surface area (Å²) in [6, 6.07) is 0. The Bertz CT molecular complexity index is 154. The van der Waals surface area contributed by atoms with Gasteiger partial charge in [0.2, 0.25) is 0 Å². The van der Waals surface area contributed by atoms with Crippen molar-refractivity contribution in [2.75, 3.05) is 0 Å². The van der Waals surface area contributed by atoms with Gasteiger partial charge >= 0.3 is 0 Å². The van der Waals surface area contributed by atoms with E-state index in [1.807, 2.05) is 6.08 Å². The maximum Gasteiger partial charge on any atom is 0.0925 e. The molecule has 0 unspecified atom stereocenters. The van der Waals surface area contributed by atoms with Crippen LogP contribution in [0.3, 0.4) is 0 Å². The van der Waals surface area contributed by atoms with Crippen molar-refractivity contribution < 1.29 is 5.11 Å². The van der Waals surface area contributed by atoms with E-state index in [-0.39, 0.29) is 0 Å². The van der Waals surface area contributed by atoms with Crippen molar-refractivity contribution >= 4 is 0 Å². The van der Waals surface area contributed by atoms with Crippen LogP contribution in [-0.4, -0.2) is 5.11 Å². The minimum Gasteiger partial charge on any atom is -0.512 e. The number of aliphatic hydroxyl groups is 1. The lowest BCUT2D eigenvalue weighted by Gasteiger charge is -2.07. The van der Waals surface area contributed by atoms with Gasteiger partial charge in [0.05, 0.1) is 5.76 Å². The van der Waals surface area contributed by atoms with Gasteiger partial charge in [-0.15, -0.1) is 0 Å². The normalized spacial score (nSPS) is 18.8. The predicted octanol–water partition coefficient (Wildman–Crippen LogP) is 2.56. The molecule has 0 aromatic carbocycles. The standard InChI is InChI=1S/C8H12O/c1-2-7-3-5-8(9)6-4-7/h3,5,9H,2,4,6H2,1H3.